The van der Waals surface area contributed by atoms with Gasteiger partial charge in [0, 0.05) is 5.39 Å². The summed E-state index contributed by atoms with van der Waals surface area (Å²) < 4.78 is 68.7. The SMILES string of the molecule is O=C(OCCCc1ccccc1)c1ccc2cc(OS(=O)(=O)C(F)(F)F)cnc2c1. The number of ether oxygens (including phenoxy) is 1. The number of aromatic nitrogens is 1. The molecule has 0 aliphatic carbocycles. The van der Waals surface area contributed by atoms with Crippen molar-refractivity contribution in [1.29, 1.82) is 0 Å². The van der Waals surface area contributed by atoms with Crippen LogP contribution in [0, 0.1) is 0 Å². The van der Waals surface area contributed by atoms with Crippen LogP contribution in [0.25, 0.3) is 10.9 Å². The Balaban J connectivity index is 1.63. The molecule has 6 nitrogen and oxygen atoms in total. The molecule has 0 saturated carbocycles. The smallest absolute Gasteiger partial charge is 0.462 e. The van der Waals surface area contributed by atoms with Gasteiger partial charge in [-0.05, 0) is 36.6 Å². The zero-order chi connectivity index (χ0) is 21.8. The van der Waals surface area contributed by atoms with Crippen LogP contribution < -0.4 is 4.18 Å². The third-order valence-corrected chi connectivity index (χ3v) is 5.05. The molecule has 0 unspecified atom stereocenters. The highest BCUT2D eigenvalue weighted by atomic mass is 32.2. The van der Waals surface area contributed by atoms with Crippen LogP contribution in [0.1, 0.15) is 22.3 Å². The normalized spacial score (nSPS) is 12.0. The minimum absolute atomic E-state index is 0.214. The van der Waals surface area contributed by atoms with Gasteiger partial charge in [-0.2, -0.15) is 21.6 Å². The molecule has 30 heavy (non-hydrogen) atoms. The molecule has 1 heterocycles. The summed E-state index contributed by atoms with van der Waals surface area (Å²) in [5.74, 6) is -1.15. The molecule has 0 saturated heterocycles. The number of pyridine rings is 1. The molecule has 2 aromatic carbocycles. The second-order valence-electron chi connectivity index (χ2n) is 6.29. The molecule has 0 radical (unpaired) electrons. The number of fused-ring (bicyclic) bond motifs is 1. The van der Waals surface area contributed by atoms with E-state index >= 15 is 0 Å². The largest absolute Gasteiger partial charge is 0.534 e. The highest BCUT2D eigenvalue weighted by Crippen LogP contribution is 2.28. The van der Waals surface area contributed by atoms with E-state index in [2.05, 4.69) is 9.17 Å². The molecule has 0 aliphatic rings. The molecule has 0 amide bonds. The van der Waals surface area contributed by atoms with Crippen molar-refractivity contribution in [3.8, 4) is 5.75 Å². The van der Waals surface area contributed by atoms with Gasteiger partial charge in [0.25, 0.3) is 0 Å². The lowest BCUT2D eigenvalue weighted by atomic mass is 10.1. The van der Waals surface area contributed by atoms with Gasteiger partial charge in [-0.25, -0.2) is 4.79 Å². The third kappa shape index (κ3) is 5.26. The van der Waals surface area contributed by atoms with Gasteiger partial charge in [-0.3, -0.25) is 4.98 Å². The van der Waals surface area contributed by atoms with Gasteiger partial charge in [0.05, 0.1) is 23.9 Å². The summed E-state index contributed by atoms with van der Waals surface area (Å²) in [7, 11) is -5.79. The van der Waals surface area contributed by atoms with E-state index < -0.39 is 27.3 Å². The summed E-state index contributed by atoms with van der Waals surface area (Å²) in [5, 5.41) is 0.297. The van der Waals surface area contributed by atoms with Gasteiger partial charge in [-0.15, -0.1) is 0 Å². The minimum Gasteiger partial charge on any atom is -0.462 e. The quantitative estimate of drug-likeness (QED) is 0.237. The van der Waals surface area contributed by atoms with Gasteiger partial charge in [0.15, 0.2) is 5.75 Å². The fraction of sp³-hybridized carbons (Fsp3) is 0.200. The van der Waals surface area contributed by atoms with Crippen molar-refractivity contribution in [2.24, 2.45) is 0 Å². The molecule has 0 aliphatic heterocycles. The topological polar surface area (TPSA) is 82.6 Å². The molecule has 0 bridgehead atoms. The van der Waals surface area contributed by atoms with Crippen molar-refractivity contribution >= 4 is 27.0 Å². The molecule has 10 heteroatoms. The Bertz CT molecular complexity index is 1150. The van der Waals surface area contributed by atoms with E-state index in [0.29, 0.717) is 11.8 Å². The number of nitrogens with zero attached hydrogens (tertiary/aromatic N) is 1. The monoisotopic (exact) mass is 439 g/mol. The predicted octanol–water partition coefficient (Wildman–Crippen LogP) is 4.25. The van der Waals surface area contributed by atoms with Crippen LogP contribution in [0.3, 0.4) is 0 Å². The second-order valence-corrected chi connectivity index (χ2v) is 7.82. The number of carbonyl (C=O) groups is 1. The molecular formula is C20H16F3NO5S. The average Bonchev–Trinajstić information content (AvgIpc) is 2.70. The van der Waals surface area contributed by atoms with Crippen LogP contribution >= 0.6 is 0 Å². The maximum absolute atomic E-state index is 12.4. The lowest BCUT2D eigenvalue weighted by Gasteiger charge is -2.10. The second kappa shape index (κ2) is 8.70. The van der Waals surface area contributed by atoms with Crippen LogP contribution in [0.5, 0.6) is 5.75 Å². The summed E-state index contributed by atoms with van der Waals surface area (Å²) >= 11 is 0. The number of esters is 1. The summed E-state index contributed by atoms with van der Waals surface area (Å²) in [6.45, 7) is 0.223. The predicted molar refractivity (Wildman–Crippen MR) is 102 cm³/mol. The number of aryl methyl sites for hydroxylation is 1. The van der Waals surface area contributed by atoms with E-state index in [-0.39, 0.29) is 17.7 Å². The summed E-state index contributed by atoms with van der Waals surface area (Å²) in [5.41, 5.74) is -3.93. The first-order chi connectivity index (χ1) is 14.2. The highest BCUT2D eigenvalue weighted by Gasteiger charge is 2.48. The summed E-state index contributed by atoms with van der Waals surface area (Å²) in [6.07, 6.45) is 2.24. The highest BCUT2D eigenvalue weighted by molar-refractivity contribution is 7.88. The number of alkyl halides is 3. The van der Waals surface area contributed by atoms with Crippen molar-refractivity contribution < 1.29 is 35.3 Å². The molecule has 0 N–H and O–H groups in total. The Hall–Kier alpha value is -3.14. The first kappa shape index (κ1) is 21.6. The van der Waals surface area contributed by atoms with Crippen molar-refractivity contribution in [2.75, 3.05) is 6.61 Å². The third-order valence-electron chi connectivity index (χ3n) is 4.07. The Morgan fingerprint density at radius 3 is 2.47 bits per heavy atom. The zero-order valence-electron chi connectivity index (χ0n) is 15.4. The average molecular weight is 439 g/mol. The van der Waals surface area contributed by atoms with Crippen molar-refractivity contribution in [2.45, 2.75) is 18.3 Å². The number of benzene rings is 2. The Morgan fingerprint density at radius 1 is 1.03 bits per heavy atom. The summed E-state index contributed by atoms with van der Waals surface area (Å²) in [6, 6.07) is 15.0. The first-order valence-electron chi connectivity index (χ1n) is 8.77. The lowest BCUT2D eigenvalue weighted by molar-refractivity contribution is -0.0500. The lowest BCUT2D eigenvalue weighted by Crippen LogP contribution is -2.28. The van der Waals surface area contributed by atoms with Gasteiger partial charge in [-0.1, -0.05) is 36.4 Å². The van der Waals surface area contributed by atoms with Crippen molar-refractivity contribution in [1.82, 2.24) is 4.98 Å². The van der Waals surface area contributed by atoms with Crippen LogP contribution in [-0.2, 0) is 21.3 Å². The van der Waals surface area contributed by atoms with Crippen LogP contribution in [0.2, 0.25) is 0 Å². The number of halogens is 3. The Labute approximate surface area is 170 Å². The first-order valence-corrected chi connectivity index (χ1v) is 10.2. The van der Waals surface area contributed by atoms with Crippen LogP contribution in [0.15, 0.2) is 60.8 Å². The number of hydrogen-bond donors (Lipinski definition) is 0. The van der Waals surface area contributed by atoms with Crippen molar-refractivity contribution in [3.63, 3.8) is 0 Å². The fourth-order valence-corrected chi connectivity index (χ4v) is 3.06. The fourth-order valence-electron chi connectivity index (χ4n) is 2.62. The molecular weight excluding hydrogens is 423 g/mol. The molecule has 0 atom stereocenters. The van der Waals surface area contributed by atoms with Crippen LogP contribution in [-0.4, -0.2) is 31.5 Å². The molecule has 3 aromatic rings. The number of rotatable bonds is 7. The molecule has 3 rings (SSSR count). The van der Waals surface area contributed by atoms with E-state index in [1.54, 1.807) is 0 Å². The van der Waals surface area contributed by atoms with E-state index in [4.69, 9.17) is 4.74 Å². The maximum Gasteiger partial charge on any atom is 0.534 e. The number of hydrogen-bond acceptors (Lipinski definition) is 6. The van der Waals surface area contributed by atoms with Gasteiger partial charge in [0.2, 0.25) is 0 Å². The van der Waals surface area contributed by atoms with Crippen LogP contribution in [0.4, 0.5) is 13.2 Å². The molecule has 1 aromatic heterocycles. The van der Waals surface area contributed by atoms with E-state index in [0.717, 1.165) is 24.2 Å². The Morgan fingerprint density at radius 2 is 1.77 bits per heavy atom. The summed E-state index contributed by atoms with van der Waals surface area (Å²) in [4.78, 5) is 16.0. The van der Waals surface area contributed by atoms with Gasteiger partial charge < -0.3 is 8.92 Å². The number of carbonyl (C=O) groups excluding carboxylic acids is 1. The van der Waals surface area contributed by atoms with E-state index in [1.807, 2.05) is 30.3 Å². The van der Waals surface area contributed by atoms with Crippen molar-refractivity contribution in [3.05, 3.63) is 71.9 Å². The maximum atomic E-state index is 12.4. The Kier molecular flexibility index (Phi) is 6.25. The zero-order valence-corrected chi connectivity index (χ0v) is 16.2. The van der Waals surface area contributed by atoms with Gasteiger partial charge in [0.1, 0.15) is 0 Å². The molecule has 0 spiro atoms. The standard InChI is InChI=1S/C20H16F3NO5S/c21-20(22,23)30(26,27)29-17-11-15-8-9-16(12-18(15)24-13-17)19(25)28-10-4-7-14-5-2-1-3-6-14/h1-3,5-6,8-9,11-13H,4,7,10H2. The van der Waals surface area contributed by atoms with E-state index in [9.17, 15) is 26.4 Å². The van der Waals surface area contributed by atoms with Gasteiger partial charge >= 0.3 is 21.6 Å². The van der Waals surface area contributed by atoms with E-state index in [1.165, 1.54) is 18.2 Å². The molecule has 158 valence electrons. The molecule has 0 fully saturated rings. The minimum atomic E-state index is -5.79.